The molecule has 0 saturated heterocycles. The Labute approximate surface area is 176 Å². The molecule has 0 radical (unpaired) electrons. The summed E-state index contributed by atoms with van der Waals surface area (Å²) in [5.74, 6) is 1.54. The van der Waals surface area contributed by atoms with Crippen molar-refractivity contribution in [2.75, 3.05) is 6.54 Å². The second-order valence-electron chi connectivity index (χ2n) is 7.01. The summed E-state index contributed by atoms with van der Waals surface area (Å²) in [4.78, 5) is 15.6. The summed E-state index contributed by atoms with van der Waals surface area (Å²) in [7, 11) is 0. The number of nitrogens with one attached hydrogen (secondary N) is 3. The van der Waals surface area contributed by atoms with Crippen LogP contribution in [0.4, 0.5) is 0 Å². The molecule has 4 aromatic rings. The maximum Gasteiger partial charge on any atom is 0.178 e. The van der Waals surface area contributed by atoms with Crippen LogP contribution in [-0.4, -0.2) is 26.5 Å². The number of nitrogens with zero attached hydrogens (tertiary/aromatic N) is 2. The van der Waals surface area contributed by atoms with Gasteiger partial charge in [-0.1, -0.05) is 49.6 Å². The van der Waals surface area contributed by atoms with E-state index in [4.69, 9.17) is 0 Å². The normalized spacial score (nSPS) is 10.2. The molecule has 4 rings (SSSR count). The zero-order chi connectivity index (χ0) is 17.4. The van der Waals surface area contributed by atoms with E-state index in [9.17, 15) is 0 Å². The summed E-state index contributed by atoms with van der Waals surface area (Å²) in [6.45, 7) is 8.33. The van der Waals surface area contributed by atoms with Crippen molar-refractivity contribution in [1.29, 1.82) is 0 Å². The second kappa shape index (κ2) is 10.8. The lowest BCUT2D eigenvalue weighted by molar-refractivity contribution is 0.552. The van der Waals surface area contributed by atoms with Crippen LogP contribution in [0.1, 0.15) is 54.9 Å². The van der Waals surface area contributed by atoms with E-state index in [2.05, 4.69) is 63.4 Å². The van der Waals surface area contributed by atoms with E-state index in [-0.39, 0.29) is 29.7 Å². The molecular weight excluding hydrogens is 358 g/mol. The van der Waals surface area contributed by atoms with Crippen LogP contribution in [-0.2, 0) is 6.54 Å². The van der Waals surface area contributed by atoms with Gasteiger partial charge in [-0.2, -0.15) is 0 Å². The Morgan fingerprint density at radius 3 is 2.48 bits per heavy atom. The number of aromatic nitrogens is 4. The monoisotopic (exact) mass is 397 g/mol. The average molecular weight is 398 g/mol. The first-order valence-electron chi connectivity index (χ1n) is 8.74. The molecule has 0 spiro atoms. The van der Waals surface area contributed by atoms with E-state index in [0.717, 1.165) is 46.9 Å². The van der Waals surface area contributed by atoms with Gasteiger partial charge in [0, 0.05) is 34.9 Å². The number of imidazole rings is 1. The van der Waals surface area contributed by atoms with Crippen molar-refractivity contribution in [3.8, 4) is 11.3 Å². The molecule has 0 amide bonds. The highest BCUT2D eigenvalue weighted by Gasteiger charge is 2.11. The maximum absolute atomic E-state index is 4.43. The summed E-state index contributed by atoms with van der Waals surface area (Å²) in [6, 6.07) is 10.8. The average Bonchev–Trinajstić information content (AvgIpc) is 3.15. The van der Waals surface area contributed by atoms with Crippen LogP contribution in [0.5, 0.6) is 0 Å². The van der Waals surface area contributed by atoms with Crippen LogP contribution in [0.25, 0.3) is 33.3 Å². The van der Waals surface area contributed by atoms with Crippen LogP contribution in [0.3, 0.4) is 0 Å². The molecule has 0 bridgehead atoms. The summed E-state index contributed by atoms with van der Waals surface area (Å²) in [5.41, 5.74) is 6.36. The van der Waals surface area contributed by atoms with Gasteiger partial charge in [0.15, 0.2) is 5.65 Å². The zero-order valence-electron chi connectivity index (χ0n) is 14.9. The van der Waals surface area contributed by atoms with Crippen LogP contribution in [0.15, 0.2) is 36.5 Å². The summed E-state index contributed by atoms with van der Waals surface area (Å²) in [6.07, 6.45) is 1.81. The predicted molar refractivity (Wildman–Crippen MR) is 129 cm³/mol. The zero-order valence-corrected chi connectivity index (χ0v) is 14.9. The maximum atomic E-state index is 4.43. The van der Waals surface area contributed by atoms with E-state index in [1.54, 1.807) is 0 Å². The minimum absolute atomic E-state index is 0. The Bertz CT molecular complexity index is 1030. The first kappa shape index (κ1) is 26.3. The number of aromatic amines is 2. The minimum Gasteiger partial charge on any atom is -0.354 e. The number of hydrogen-bond donors (Lipinski definition) is 3. The van der Waals surface area contributed by atoms with Crippen LogP contribution < -0.4 is 5.32 Å². The Hall–Kier alpha value is -2.66. The molecule has 29 heavy (non-hydrogen) atoms. The Balaban J connectivity index is 0.00000196. The van der Waals surface area contributed by atoms with Gasteiger partial charge >= 0.3 is 0 Å². The quantitative estimate of drug-likeness (QED) is 0.351. The molecule has 0 aliphatic rings. The number of fused-ring (bicyclic) bond motifs is 2. The molecule has 160 valence electrons. The largest absolute Gasteiger partial charge is 0.354 e. The van der Waals surface area contributed by atoms with Gasteiger partial charge in [0.1, 0.15) is 5.82 Å². The van der Waals surface area contributed by atoms with E-state index in [1.165, 1.54) is 10.9 Å². The third-order valence-corrected chi connectivity index (χ3v) is 4.37. The minimum atomic E-state index is 0. The van der Waals surface area contributed by atoms with E-state index in [1.807, 2.05) is 19.2 Å². The third kappa shape index (κ3) is 5.45. The molecule has 3 heterocycles. The highest BCUT2D eigenvalue weighted by Crippen LogP contribution is 2.29. The second-order valence-corrected chi connectivity index (χ2v) is 7.01. The molecule has 1 aromatic carbocycles. The molecule has 0 aliphatic carbocycles. The first-order chi connectivity index (χ1) is 12.1. The fraction of sp³-hybridized carbons (Fsp3) is 0.417. The van der Waals surface area contributed by atoms with E-state index in [0.29, 0.717) is 5.92 Å². The van der Waals surface area contributed by atoms with Gasteiger partial charge in [0.2, 0.25) is 0 Å². The SMILES string of the molecule is C.C.C.C.Cc1nc2nccc(-c3cc4cc(CNCC(C)C)ccc4[nH]3)c2[nH]1. The number of H-pyrrole nitrogens is 2. The van der Waals surface area contributed by atoms with Gasteiger partial charge in [0.05, 0.1) is 5.52 Å². The molecule has 3 N–H and O–H groups in total. The van der Waals surface area contributed by atoms with Crippen molar-refractivity contribution in [3.63, 3.8) is 0 Å². The van der Waals surface area contributed by atoms with E-state index >= 15 is 0 Å². The summed E-state index contributed by atoms with van der Waals surface area (Å²) in [5, 5.41) is 4.72. The molecular formula is C24H39N5. The summed E-state index contributed by atoms with van der Waals surface area (Å²) < 4.78 is 0. The Morgan fingerprint density at radius 2 is 1.76 bits per heavy atom. The van der Waals surface area contributed by atoms with Gasteiger partial charge < -0.3 is 15.3 Å². The predicted octanol–water partition coefficient (Wildman–Crippen LogP) is 6.70. The number of aryl methyl sites for hydroxylation is 1. The lowest BCUT2D eigenvalue weighted by atomic mass is 10.1. The highest BCUT2D eigenvalue weighted by molar-refractivity contribution is 5.94. The molecule has 0 fully saturated rings. The number of hydrogen-bond acceptors (Lipinski definition) is 3. The lowest BCUT2D eigenvalue weighted by Gasteiger charge is -2.07. The number of pyridine rings is 1. The molecule has 5 heteroatoms. The molecule has 0 aliphatic heterocycles. The van der Waals surface area contributed by atoms with Gasteiger partial charge in [-0.3, -0.25) is 0 Å². The number of benzene rings is 1. The summed E-state index contributed by atoms with van der Waals surface area (Å²) >= 11 is 0. The number of rotatable bonds is 5. The Morgan fingerprint density at radius 1 is 1.00 bits per heavy atom. The fourth-order valence-corrected chi connectivity index (χ4v) is 3.19. The van der Waals surface area contributed by atoms with Gasteiger partial charge in [-0.25, -0.2) is 9.97 Å². The van der Waals surface area contributed by atoms with Gasteiger partial charge in [-0.15, -0.1) is 0 Å². The molecule has 0 unspecified atom stereocenters. The van der Waals surface area contributed by atoms with Crippen molar-refractivity contribution in [2.24, 2.45) is 5.92 Å². The molecule has 5 nitrogen and oxygen atoms in total. The van der Waals surface area contributed by atoms with Gasteiger partial charge in [0.25, 0.3) is 0 Å². The standard InChI is InChI=1S/C20H23N5.4CH4/c1-12(2)10-21-11-14-4-5-17-15(8-14)9-18(25-17)16-6-7-22-20-19(16)23-13(3)24-20;;;;/h4-9,12,21,25H,10-11H2,1-3H3,(H,22,23,24);4*1H4. The van der Waals surface area contributed by atoms with Crippen molar-refractivity contribution >= 4 is 22.1 Å². The van der Waals surface area contributed by atoms with Crippen LogP contribution in [0, 0.1) is 12.8 Å². The smallest absolute Gasteiger partial charge is 0.178 e. The van der Waals surface area contributed by atoms with Crippen molar-refractivity contribution < 1.29 is 0 Å². The van der Waals surface area contributed by atoms with Crippen LogP contribution in [0.2, 0.25) is 0 Å². The van der Waals surface area contributed by atoms with Gasteiger partial charge in [-0.05, 0) is 49.2 Å². The first-order valence-corrected chi connectivity index (χ1v) is 8.74. The van der Waals surface area contributed by atoms with Crippen molar-refractivity contribution in [2.45, 2.75) is 57.0 Å². The van der Waals surface area contributed by atoms with E-state index < -0.39 is 0 Å². The molecule has 0 atom stereocenters. The Kier molecular flexibility index (Phi) is 9.78. The van der Waals surface area contributed by atoms with Crippen molar-refractivity contribution in [3.05, 3.63) is 47.9 Å². The van der Waals surface area contributed by atoms with Crippen LogP contribution >= 0.6 is 0 Å². The lowest BCUT2D eigenvalue weighted by Crippen LogP contribution is -2.18. The third-order valence-electron chi connectivity index (χ3n) is 4.37. The van der Waals surface area contributed by atoms with Crippen molar-refractivity contribution in [1.82, 2.24) is 25.3 Å². The topological polar surface area (TPSA) is 69.4 Å². The molecule has 3 aromatic heterocycles. The molecule has 0 saturated carbocycles. The highest BCUT2D eigenvalue weighted by atomic mass is 15.0. The fourth-order valence-electron chi connectivity index (χ4n) is 3.19.